The third-order valence-electron chi connectivity index (χ3n) is 4.72. The van der Waals surface area contributed by atoms with Gasteiger partial charge in [-0.05, 0) is 41.9 Å². The Kier molecular flexibility index (Phi) is 6.67. The SMILES string of the molecule is CC(C)CC(C)CCC(C)C(C)(C)C(C)C. The van der Waals surface area contributed by atoms with E-state index >= 15 is 0 Å². The molecule has 0 heterocycles. The first-order valence-corrected chi connectivity index (χ1v) is 7.17. The second-order valence-corrected chi connectivity index (χ2v) is 7.19. The summed E-state index contributed by atoms with van der Waals surface area (Å²) in [7, 11) is 0. The fraction of sp³-hybridized carbons (Fsp3) is 1.00. The Balaban J connectivity index is 4.02. The van der Waals surface area contributed by atoms with Crippen LogP contribution in [0.2, 0.25) is 0 Å². The molecule has 0 aromatic carbocycles. The first kappa shape index (κ1) is 16.0. The maximum absolute atomic E-state index is 2.43. The van der Waals surface area contributed by atoms with Crippen molar-refractivity contribution in [2.45, 2.75) is 74.7 Å². The van der Waals surface area contributed by atoms with Crippen molar-refractivity contribution in [2.24, 2.45) is 29.1 Å². The molecule has 0 heteroatoms. The van der Waals surface area contributed by atoms with Crippen molar-refractivity contribution in [2.75, 3.05) is 0 Å². The molecule has 0 radical (unpaired) electrons. The fourth-order valence-electron chi connectivity index (χ4n) is 2.40. The van der Waals surface area contributed by atoms with E-state index in [0.717, 1.165) is 23.7 Å². The zero-order chi connectivity index (χ0) is 12.9. The second kappa shape index (κ2) is 6.67. The fourth-order valence-corrected chi connectivity index (χ4v) is 2.40. The van der Waals surface area contributed by atoms with E-state index in [0.29, 0.717) is 5.41 Å². The van der Waals surface area contributed by atoms with Crippen molar-refractivity contribution >= 4 is 0 Å². The third-order valence-corrected chi connectivity index (χ3v) is 4.72. The summed E-state index contributed by atoms with van der Waals surface area (Å²) in [5.74, 6) is 3.36. The van der Waals surface area contributed by atoms with Crippen LogP contribution in [0.3, 0.4) is 0 Å². The molecule has 98 valence electrons. The molecule has 0 nitrogen and oxygen atoms in total. The molecule has 0 amide bonds. The Morgan fingerprint density at radius 2 is 1.31 bits per heavy atom. The molecule has 16 heavy (non-hydrogen) atoms. The van der Waals surface area contributed by atoms with Crippen LogP contribution in [-0.2, 0) is 0 Å². The highest BCUT2D eigenvalue weighted by Crippen LogP contribution is 2.38. The standard InChI is InChI=1S/C16H34/c1-12(2)11-14(5)9-10-15(6)16(7,8)13(3)4/h12-15H,9-11H2,1-8H3. The predicted molar refractivity (Wildman–Crippen MR) is 75.6 cm³/mol. The van der Waals surface area contributed by atoms with Crippen LogP contribution < -0.4 is 0 Å². The average Bonchev–Trinajstić information content (AvgIpc) is 2.12. The molecular formula is C16H34. The Hall–Kier alpha value is 0. The lowest BCUT2D eigenvalue weighted by molar-refractivity contribution is 0.135. The van der Waals surface area contributed by atoms with Crippen LogP contribution in [0, 0.1) is 29.1 Å². The summed E-state index contributed by atoms with van der Waals surface area (Å²) < 4.78 is 0. The van der Waals surface area contributed by atoms with E-state index in [1.54, 1.807) is 0 Å². The highest BCUT2D eigenvalue weighted by Gasteiger charge is 2.29. The molecule has 0 saturated heterocycles. The number of hydrogen-bond donors (Lipinski definition) is 0. The summed E-state index contributed by atoms with van der Waals surface area (Å²) in [6.07, 6.45) is 4.17. The quantitative estimate of drug-likeness (QED) is 0.517. The maximum atomic E-state index is 2.43. The van der Waals surface area contributed by atoms with E-state index in [1.165, 1.54) is 19.3 Å². The Labute approximate surface area is 104 Å². The van der Waals surface area contributed by atoms with Gasteiger partial charge in [-0.15, -0.1) is 0 Å². The van der Waals surface area contributed by atoms with Gasteiger partial charge in [0.25, 0.3) is 0 Å². The largest absolute Gasteiger partial charge is 0.0628 e. The van der Waals surface area contributed by atoms with Gasteiger partial charge in [-0.25, -0.2) is 0 Å². The van der Waals surface area contributed by atoms with Gasteiger partial charge in [0.05, 0.1) is 0 Å². The minimum absolute atomic E-state index is 0.484. The minimum atomic E-state index is 0.484. The van der Waals surface area contributed by atoms with Crippen LogP contribution in [0.4, 0.5) is 0 Å². The van der Waals surface area contributed by atoms with Crippen molar-refractivity contribution in [1.82, 2.24) is 0 Å². The zero-order valence-electron chi connectivity index (χ0n) is 12.9. The first-order chi connectivity index (χ1) is 7.17. The summed E-state index contributed by atoms with van der Waals surface area (Å²) >= 11 is 0. The lowest BCUT2D eigenvalue weighted by Crippen LogP contribution is -2.28. The summed E-state index contributed by atoms with van der Waals surface area (Å²) in [6, 6.07) is 0. The number of hydrogen-bond acceptors (Lipinski definition) is 0. The van der Waals surface area contributed by atoms with Gasteiger partial charge in [0, 0.05) is 0 Å². The molecule has 0 spiro atoms. The van der Waals surface area contributed by atoms with Gasteiger partial charge in [-0.1, -0.05) is 61.8 Å². The summed E-state index contributed by atoms with van der Waals surface area (Å²) in [6.45, 7) is 19.1. The Morgan fingerprint density at radius 3 is 1.69 bits per heavy atom. The van der Waals surface area contributed by atoms with Crippen LogP contribution in [0.1, 0.15) is 74.7 Å². The van der Waals surface area contributed by atoms with Crippen molar-refractivity contribution in [3.05, 3.63) is 0 Å². The highest BCUT2D eigenvalue weighted by molar-refractivity contribution is 4.78. The average molecular weight is 226 g/mol. The van der Waals surface area contributed by atoms with E-state index in [1.807, 2.05) is 0 Å². The molecule has 0 N–H and O–H groups in total. The lowest BCUT2D eigenvalue weighted by Gasteiger charge is -2.36. The van der Waals surface area contributed by atoms with E-state index in [2.05, 4.69) is 55.4 Å². The third kappa shape index (κ3) is 5.37. The molecule has 0 aromatic rings. The van der Waals surface area contributed by atoms with Gasteiger partial charge in [0.1, 0.15) is 0 Å². The topological polar surface area (TPSA) is 0 Å². The van der Waals surface area contributed by atoms with Crippen LogP contribution in [0.5, 0.6) is 0 Å². The van der Waals surface area contributed by atoms with E-state index in [-0.39, 0.29) is 0 Å². The van der Waals surface area contributed by atoms with Crippen molar-refractivity contribution in [1.29, 1.82) is 0 Å². The summed E-state index contributed by atoms with van der Waals surface area (Å²) in [5.41, 5.74) is 0.484. The first-order valence-electron chi connectivity index (χ1n) is 7.17. The minimum Gasteiger partial charge on any atom is -0.0628 e. The predicted octanol–water partition coefficient (Wildman–Crippen LogP) is 5.77. The number of rotatable bonds is 7. The van der Waals surface area contributed by atoms with Crippen molar-refractivity contribution in [3.8, 4) is 0 Å². The summed E-state index contributed by atoms with van der Waals surface area (Å²) in [5, 5.41) is 0. The normalized spacial score (nSPS) is 16.9. The van der Waals surface area contributed by atoms with E-state index in [9.17, 15) is 0 Å². The van der Waals surface area contributed by atoms with Gasteiger partial charge in [-0.2, -0.15) is 0 Å². The molecule has 0 fully saturated rings. The maximum Gasteiger partial charge on any atom is -0.0305 e. The highest BCUT2D eigenvalue weighted by atomic mass is 14.3. The Bertz CT molecular complexity index is 176. The van der Waals surface area contributed by atoms with Crippen LogP contribution in [0.25, 0.3) is 0 Å². The molecule has 2 atom stereocenters. The van der Waals surface area contributed by atoms with Gasteiger partial charge >= 0.3 is 0 Å². The second-order valence-electron chi connectivity index (χ2n) is 7.19. The van der Waals surface area contributed by atoms with Crippen molar-refractivity contribution < 1.29 is 0 Å². The van der Waals surface area contributed by atoms with Crippen LogP contribution in [-0.4, -0.2) is 0 Å². The molecule has 0 aliphatic rings. The van der Waals surface area contributed by atoms with Crippen LogP contribution in [0.15, 0.2) is 0 Å². The summed E-state index contributed by atoms with van der Waals surface area (Å²) in [4.78, 5) is 0. The van der Waals surface area contributed by atoms with E-state index < -0.39 is 0 Å². The van der Waals surface area contributed by atoms with Gasteiger partial charge in [-0.3, -0.25) is 0 Å². The lowest BCUT2D eigenvalue weighted by atomic mass is 9.69. The Morgan fingerprint density at radius 1 is 0.812 bits per heavy atom. The monoisotopic (exact) mass is 226 g/mol. The smallest absolute Gasteiger partial charge is 0.0305 e. The van der Waals surface area contributed by atoms with Gasteiger partial charge in [0.2, 0.25) is 0 Å². The molecule has 0 aliphatic heterocycles. The molecular weight excluding hydrogens is 192 g/mol. The van der Waals surface area contributed by atoms with Gasteiger partial charge < -0.3 is 0 Å². The van der Waals surface area contributed by atoms with Crippen molar-refractivity contribution in [3.63, 3.8) is 0 Å². The zero-order valence-corrected chi connectivity index (χ0v) is 12.9. The molecule has 0 aromatic heterocycles. The molecule has 0 bridgehead atoms. The molecule has 0 rings (SSSR count). The van der Waals surface area contributed by atoms with Crippen LogP contribution >= 0.6 is 0 Å². The molecule has 2 unspecified atom stereocenters. The molecule has 0 aliphatic carbocycles. The van der Waals surface area contributed by atoms with E-state index in [4.69, 9.17) is 0 Å². The molecule has 0 saturated carbocycles. The van der Waals surface area contributed by atoms with Gasteiger partial charge in [0.15, 0.2) is 0 Å².